The zero-order valence-electron chi connectivity index (χ0n) is 10.7. The molecule has 0 fully saturated rings. The van der Waals surface area contributed by atoms with Gasteiger partial charge in [0.1, 0.15) is 6.07 Å². The number of nitriles is 1. The highest BCUT2D eigenvalue weighted by Crippen LogP contribution is 2.23. The van der Waals surface area contributed by atoms with Crippen molar-refractivity contribution < 1.29 is 4.92 Å². The molecule has 1 atom stereocenters. The summed E-state index contributed by atoms with van der Waals surface area (Å²) in [6.07, 6.45) is 6.44. The summed E-state index contributed by atoms with van der Waals surface area (Å²) in [6.45, 7) is 2.47. The summed E-state index contributed by atoms with van der Waals surface area (Å²) < 4.78 is 1.85. The second kappa shape index (κ2) is 5.79. The highest BCUT2D eigenvalue weighted by Gasteiger charge is 2.18. The van der Waals surface area contributed by atoms with E-state index in [2.05, 4.69) is 15.3 Å². The lowest BCUT2D eigenvalue weighted by atomic mass is 10.2. The predicted molar refractivity (Wildman–Crippen MR) is 70.9 cm³/mol. The smallest absolute Gasteiger partial charge is 0.312 e. The number of hydrogen-bond donors (Lipinski definition) is 1. The van der Waals surface area contributed by atoms with Gasteiger partial charge in [-0.25, -0.2) is 9.97 Å². The summed E-state index contributed by atoms with van der Waals surface area (Å²) in [5.74, 6) is 0.154. The maximum Gasteiger partial charge on any atom is 0.312 e. The van der Waals surface area contributed by atoms with Crippen LogP contribution in [0.4, 0.5) is 11.5 Å². The first-order chi connectivity index (χ1) is 9.60. The Hall–Kier alpha value is -2.95. The van der Waals surface area contributed by atoms with Crippen LogP contribution in [-0.2, 0) is 6.54 Å². The molecule has 0 saturated carbocycles. The van der Waals surface area contributed by atoms with Gasteiger partial charge in [0, 0.05) is 37.2 Å². The number of imidazole rings is 1. The minimum Gasteiger partial charge on any atom is -0.360 e. The average molecular weight is 272 g/mol. The van der Waals surface area contributed by atoms with Gasteiger partial charge in [-0.2, -0.15) is 5.26 Å². The van der Waals surface area contributed by atoms with Gasteiger partial charge in [-0.05, 0) is 6.92 Å². The molecule has 1 unspecified atom stereocenters. The van der Waals surface area contributed by atoms with Crippen molar-refractivity contribution >= 4 is 11.5 Å². The topological polar surface area (TPSA) is 110 Å². The lowest BCUT2D eigenvalue weighted by Gasteiger charge is -2.14. The van der Waals surface area contributed by atoms with Crippen LogP contribution in [0.1, 0.15) is 12.5 Å². The molecule has 2 rings (SSSR count). The summed E-state index contributed by atoms with van der Waals surface area (Å²) in [5.41, 5.74) is -0.0500. The first kappa shape index (κ1) is 13.5. The van der Waals surface area contributed by atoms with E-state index in [1.807, 2.05) is 17.6 Å². The maximum absolute atomic E-state index is 11.0. The fourth-order valence-corrected chi connectivity index (χ4v) is 1.75. The second-order valence-corrected chi connectivity index (χ2v) is 4.27. The van der Waals surface area contributed by atoms with Crippen molar-refractivity contribution in [3.05, 3.63) is 46.7 Å². The molecule has 2 aromatic rings. The molecule has 2 aromatic heterocycles. The molecule has 0 aliphatic carbocycles. The molecule has 0 aromatic carbocycles. The van der Waals surface area contributed by atoms with E-state index in [9.17, 15) is 10.1 Å². The quantitative estimate of drug-likeness (QED) is 0.653. The Morgan fingerprint density at radius 2 is 2.45 bits per heavy atom. The van der Waals surface area contributed by atoms with E-state index in [4.69, 9.17) is 5.26 Å². The molecular formula is C12H12N6O2. The summed E-state index contributed by atoms with van der Waals surface area (Å²) >= 11 is 0. The molecule has 0 spiro atoms. The number of rotatable bonds is 5. The third-order valence-electron chi connectivity index (χ3n) is 2.62. The molecule has 0 radical (unpaired) electrons. The Morgan fingerprint density at radius 1 is 1.65 bits per heavy atom. The number of aromatic nitrogens is 3. The standard InChI is InChI=1S/C12H12N6O2/c1-9(7-17-3-2-14-8-17)16-12-11(18(19)20)4-10(5-13)6-15-12/h2-4,6,8-9H,7H2,1H3,(H,15,16). The molecular weight excluding hydrogens is 260 g/mol. The summed E-state index contributed by atoms with van der Waals surface area (Å²) in [6, 6.07) is 2.96. The second-order valence-electron chi connectivity index (χ2n) is 4.27. The fraction of sp³-hybridized carbons (Fsp3) is 0.250. The molecule has 20 heavy (non-hydrogen) atoms. The van der Waals surface area contributed by atoms with Gasteiger partial charge in [0.25, 0.3) is 0 Å². The van der Waals surface area contributed by atoms with E-state index in [0.29, 0.717) is 6.54 Å². The summed E-state index contributed by atoms with van der Waals surface area (Å²) in [4.78, 5) is 18.3. The van der Waals surface area contributed by atoms with E-state index < -0.39 is 4.92 Å². The molecule has 0 amide bonds. The third-order valence-corrected chi connectivity index (χ3v) is 2.62. The van der Waals surface area contributed by atoms with E-state index in [0.717, 1.165) is 0 Å². The van der Waals surface area contributed by atoms with Crippen LogP contribution in [0, 0.1) is 21.4 Å². The van der Waals surface area contributed by atoms with Crippen molar-refractivity contribution in [2.75, 3.05) is 5.32 Å². The zero-order chi connectivity index (χ0) is 14.5. The molecule has 102 valence electrons. The van der Waals surface area contributed by atoms with Crippen LogP contribution in [0.2, 0.25) is 0 Å². The monoisotopic (exact) mass is 272 g/mol. The third kappa shape index (κ3) is 3.08. The van der Waals surface area contributed by atoms with Crippen molar-refractivity contribution in [3.63, 3.8) is 0 Å². The molecule has 0 aliphatic heterocycles. The van der Waals surface area contributed by atoms with Gasteiger partial charge in [-0.15, -0.1) is 0 Å². The van der Waals surface area contributed by atoms with Gasteiger partial charge in [0.05, 0.1) is 16.8 Å². The van der Waals surface area contributed by atoms with Gasteiger partial charge < -0.3 is 9.88 Å². The van der Waals surface area contributed by atoms with Gasteiger partial charge in [0.2, 0.25) is 5.82 Å². The van der Waals surface area contributed by atoms with Crippen LogP contribution in [0.5, 0.6) is 0 Å². The molecule has 8 nitrogen and oxygen atoms in total. The van der Waals surface area contributed by atoms with Crippen LogP contribution < -0.4 is 5.32 Å². The van der Waals surface area contributed by atoms with E-state index in [1.54, 1.807) is 18.7 Å². The van der Waals surface area contributed by atoms with Crippen LogP contribution in [-0.4, -0.2) is 25.5 Å². The Bertz CT molecular complexity index is 646. The van der Waals surface area contributed by atoms with Crippen molar-refractivity contribution in [1.82, 2.24) is 14.5 Å². The number of nitrogens with one attached hydrogen (secondary N) is 1. The van der Waals surface area contributed by atoms with E-state index >= 15 is 0 Å². The summed E-state index contributed by atoms with van der Waals surface area (Å²) in [7, 11) is 0. The first-order valence-corrected chi connectivity index (χ1v) is 5.87. The van der Waals surface area contributed by atoms with Gasteiger partial charge in [-0.3, -0.25) is 10.1 Å². The lowest BCUT2D eigenvalue weighted by Crippen LogP contribution is -2.22. The van der Waals surface area contributed by atoms with Gasteiger partial charge in [0.15, 0.2) is 0 Å². The largest absolute Gasteiger partial charge is 0.360 e. The highest BCUT2D eigenvalue weighted by molar-refractivity contribution is 5.58. The number of nitro groups is 1. The number of hydrogen-bond acceptors (Lipinski definition) is 6. The molecule has 8 heteroatoms. The van der Waals surface area contributed by atoms with Gasteiger partial charge in [-0.1, -0.05) is 0 Å². The predicted octanol–water partition coefficient (Wildman–Crippen LogP) is 1.56. The molecule has 0 saturated heterocycles. The lowest BCUT2D eigenvalue weighted by molar-refractivity contribution is -0.384. The fourth-order valence-electron chi connectivity index (χ4n) is 1.75. The average Bonchev–Trinajstić information content (AvgIpc) is 2.91. The minimum absolute atomic E-state index is 0.0802. The Labute approximate surface area is 114 Å². The first-order valence-electron chi connectivity index (χ1n) is 5.87. The number of pyridine rings is 1. The molecule has 1 N–H and O–H groups in total. The van der Waals surface area contributed by atoms with Crippen molar-refractivity contribution in [2.24, 2.45) is 0 Å². The maximum atomic E-state index is 11.0. The minimum atomic E-state index is -0.555. The Morgan fingerprint density at radius 3 is 3.05 bits per heavy atom. The van der Waals surface area contributed by atoms with Crippen LogP contribution in [0.3, 0.4) is 0 Å². The Balaban J connectivity index is 2.16. The van der Waals surface area contributed by atoms with Gasteiger partial charge >= 0.3 is 5.69 Å². The van der Waals surface area contributed by atoms with Crippen LogP contribution in [0.15, 0.2) is 31.0 Å². The molecule has 0 aliphatic rings. The number of anilines is 1. The van der Waals surface area contributed by atoms with Crippen LogP contribution >= 0.6 is 0 Å². The highest BCUT2D eigenvalue weighted by atomic mass is 16.6. The van der Waals surface area contributed by atoms with Crippen molar-refractivity contribution in [2.45, 2.75) is 19.5 Å². The summed E-state index contributed by atoms with van der Waals surface area (Å²) in [5, 5.41) is 22.7. The van der Waals surface area contributed by atoms with Crippen molar-refractivity contribution in [3.8, 4) is 6.07 Å². The molecule has 2 heterocycles. The van der Waals surface area contributed by atoms with Crippen molar-refractivity contribution in [1.29, 1.82) is 5.26 Å². The zero-order valence-corrected chi connectivity index (χ0v) is 10.7. The van der Waals surface area contributed by atoms with E-state index in [-0.39, 0.29) is 23.1 Å². The van der Waals surface area contributed by atoms with E-state index in [1.165, 1.54) is 12.3 Å². The van der Waals surface area contributed by atoms with Crippen LogP contribution in [0.25, 0.3) is 0 Å². The number of nitrogens with zero attached hydrogens (tertiary/aromatic N) is 5. The Kier molecular flexibility index (Phi) is 3.91. The normalized spacial score (nSPS) is 11.6. The molecule has 0 bridgehead atoms. The SMILES string of the molecule is CC(Cn1ccnc1)Nc1ncc(C#N)cc1[N+](=O)[O-].